The lowest BCUT2D eigenvalue weighted by Crippen LogP contribution is -2.40. The number of esters is 1. The molecule has 0 unspecified atom stereocenters. The minimum Gasteiger partial charge on any atom is -0.447 e. The molecule has 0 amide bonds. The number of halogens is 1. The van der Waals surface area contributed by atoms with Crippen molar-refractivity contribution < 1.29 is 28.5 Å². The fourth-order valence-corrected chi connectivity index (χ4v) is 5.11. The maximum Gasteiger partial charge on any atom is 0.513 e. The maximum absolute atomic E-state index is 13.4. The van der Waals surface area contributed by atoms with E-state index in [1.165, 1.54) is 0 Å². The number of ether oxygens (including phenoxy) is 4. The van der Waals surface area contributed by atoms with Gasteiger partial charge < -0.3 is 18.9 Å². The van der Waals surface area contributed by atoms with E-state index in [2.05, 4.69) is 0 Å². The zero-order valence-electron chi connectivity index (χ0n) is 19.9. The van der Waals surface area contributed by atoms with Crippen LogP contribution in [0, 0.1) is 13.8 Å². The lowest BCUT2D eigenvalue weighted by atomic mass is 9.80. The van der Waals surface area contributed by atoms with Crippen LogP contribution < -0.4 is 0 Å². The molecule has 7 heteroatoms. The van der Waals surface area contributed by atoms with Gasteiger partial charge >= 0.3 is 12.1 Å². The molecule has 6 nitrogen and oxygen atoms in total. The molecular weight excluding hydrogens is 456 g/mol. The first-order valence-corrected chi connectivity index (χ1v) is 11.9. The average Bonchev–Trinajstić information content (AvgIpc) is 3.06. The molecule has 0 radical (unpaired) electrons. The summed E-state index contributed by atoms with van der Waals surface area (Å²) in [7, 11) is 1.68. The Kier molecular flexibility index (Phi) is 7.01. The van der Waals surface area contributed by atoms with Gasteiger partial charge in [0.15, 0.2) is 11.4 Å². The molecule has 0 N–H and O–H groups in total. The first kappa shape index (κ1) is 24.3. The molecule has 180 valence electrons. The third-order valence-corrected chi connectivity index (χ3v) is 6.98. The number of methoxy groups -OCH3 is 1. The van der Waals surface area contributed by atoms with E-state index in [-0.39, 0.29) is 24.0 Å². The van der Waals surface area contributed by atoms with Gasteiger partial charge in [0.2, 0.25) is 0 Å². The van der Waals surface area contributed by atoms with Crippen LogP contribution >= 0.6 is 11.6 Å². The quantitative estimate of drug-likeness (QED) is 0.458. The van der Waals surface area contributed by atoms with Gasteiger partial charge in [-0.3, -0.25) is 0 Å². The molecule has 0 saturated heterocycles. The van der Waals surface area contributed by atoms with Crippen molar-refractivity contribution in [2.75, 3.05) is 13.7 Å². The molecule has 2 aromatic carbocycles. The molecule has 1 saturated carbocycles. The summed E-state index contributed by atoms with van der Waals surface area (Å²) < 4.78 is 22.3. The Morgan fingerprint density at radius 3 is 2.41 bits per heavy atom. The first-order chi connectivity index (χ1) is 16.3. The van der Waals surface area contributed by atoms with Crippen LogP contribution in [0.5, 0.6) is 0 Å². The molecule has 1 spiro atoms. The van der Waals surface area contributed by atoms with Crippen LogP contribution in [0.3, 0.4) is 0 Å². The summed E-state index contributed by atoms with van der Waals surface area (Å²) in [5.74, 6) is -0.250. The minimum absolute atomic E-state index is 0.0777. The number of aryl methyl sites for hydroxylation is 1. The summed E-state index contributed by atoms with van der Waals surface area (Å²) in [6.45, 7) is 5.76. The molecular formula is C27H29ClO6. The Balaban J connectivity index is 1.87. The number of rotatable bonds is 5. The van der Waals surface area contributed by atoms with Gasteiger partial charge in [0.05, 0.1) is 12.7 Å². The zero-order chi connectivity index (χ0) is 24.5. The van der Waals surface area contributed by atoms with Gasteiger partial charge in [-0.2, -0.15) is 0 Å². The standard InChI is InChI=1S/C27H29ClO6/c1-5-32-26(30)33-24-23(25(29)34-27(24)14-12-20(31-4)13-15-27)22-16(2)6-11-21(17(22)3)18-7-9-19(28)10-8-18/h6-11,20H,5,12-15H2,1-4H3. The van der Waals surface area contributed by atoms with Crippen LogP contribution in [-0.2, 0) is 23.7 Å². The Hall–Kier alpha value is -2.83. The van der Waals surface area contributed by atoms with Crippen molar-refractivity contribution in [3.05, 3.63) is 63.9 Å². The summed E-state index contributed by atoms with van der Waals surface area (Å²) in [4.78, 5) is 25.8. The second-order valence-corrected chi connectivity index (χ2v) is 9.18. The molecule has 1 aliphatic heterocycles. The number of carbonyl (C=O) groups is 2. The first-order valence-electron chi connectivity index (χ1n) is 11.5. The Morgan fingerprint density at radius 1 is 1.12 bits per heavy atom. The van der Waals surface area contributed by atoms with E-state index >= 15 is 0 Å². The average molecular weight is 485 g/mol. The van der Waals surface area contributed by atoms with Crippen LogP contribution in [0.1, 0.15) is 49.3 Å². The SMILES string of the molecule is CCOC(=O)OC1=C(c2c(C)ccc(-c3ccc(Cl)cc3)c2C)C(=O)OC12CCC(OC)CC2. The maximum atomic E-state index is 13.4. The lowest BCUT2D eigenvalue weighted by Gasteiger charge is -2.36. The van der Waals surface area contributed by atoms with E-state index in [1.807, 2.05) is 50.2 Å². The normalized spacial score (nSPS) is 22.1. The van der Waals surface area contributed by atoms with E-state index in [0.29, 0.717) is 36.3 Å². The number of hydrogen-bond donors (Lipinski definition) is 0. The highest BCUT2D eigenvalue weighted by atomic mass is 35.5. The van der Waals surface area contributed by atoms with Gasteiger partial charge in [0, 0.05) is 12.1 Å². The Bertz CT molecular complexity index is 1130. The molecule has 0 aromatic heterocycles. The predicted molar refractivity (Wildman–Crippen MR) is 129 cm³/mol. The van der Waals surface area contributed by atoms with Crippen molar-refractivity contribution in [3.8, 4) is 11.1 Å². The van der Waals surface area contributed by atoms with Crippen molar-refractivity contribution in [2.45, 2.75) is 58.2 Å². The highest BCUT2D eigenvalue weighted by Crippen LogP contribution is 2.49. The van der Waals surface area contributed by atoms with Crippen molar-refractivity contribution in [2.24, 2.45) is 0 Å². The Morgan fingerprint density at radius 2 is 1.79 bits per heavy atom. The molecule has 34 heavy (non-hydrogen) atoms. The third kappa shape index (κ3) is 4.44. The van der Waals surface area contributed by atoms with Crippen molar-refractivity contribution in [1.82, 2.24) is 0 Å². The zero-order valence-corrected chi connectivity index (χ0v) is 20.7. The van der Waals surface area contributed by atoms with Crippen LogP contribution in [-0.4, -0.2) is 37.5 Å². The molecule has 2 aromatic rings. The summed E-state index contributed by atoms with van der Waals surface area (Å²) >= 11 is 6.08. The molecule has 2 aliphatic rings. The van der Waals surface area contributed by atoms with Crippen molar-refractivity contribution in [3.63, 3.8) is 0 Å². The van der Waals surface area contributed by atoms with Gasteiger partial charge in [-0.05, 0) is 86.4 Å². The van der Waals surface area contributed by atoms with E-state index in [4.69, 9.17) is 30.5 Å². The van der Waals surface area contributed by atoms with Gasteiger partial charge in [-0.25, -0.2) is 9.59 Å². The second-order valence-electron chi connectivity index (χ2n) is 8.74. The van der Waals surface area contributed by atoms with E-state index in [1.54, 1.807) is 14.0 Å². The van der Waals surface area contributed by atoms with Crippen molar-refractivity contribution in [1.29, 1.82) is 0 Å². The molecule has 1 heterocycles. The summed E-state index contributed by atoms with van der Waals surface area (Å²) in [5.41, 5.74) is 3.69. The van der Waals surface area contributed by atoms with Crippen LogP contribution in [0.25, 0.3) is 16.7 Å². The topological polar surface area (TPSA) is 71.1 Å². The predicted octanol–water partition coefficient (Wildman–Crippen LogP) is 6.39. The number of carbonyl (C=O) groups excluding carboxylic acids is 2. The van der Waals surface area contributed by atoms with E-state index < -0.39 is 17.7 Å². The van der Waals surface area contributed by atoms with Gasteiger partial charge in [0.1, 0.15) is 5.57 Å². The van der Waals surface area contributed by atoms with Gasteiger partial charge in [-0.15, -0.1) is 0 Å². The highest BCUT2D eigenvalue weighted by molar-refractivity contribution is 6.30. The highest BCUT2D eigenvalue weighted by Gasteiger charge is 2.53. The molecule has 1 aliphatic carbocycles. The smallest absolute Gasteiger partial charge is 0.447 e. The van der Waals surface area contributed by atoms with Crippen LogP contribution in [0.4, 0.5) is 4.79 Å². The second kappa shape index (κ2) is 9.80. The fourth-order valence-electron chi connectivity index (χ4n) is 4.98. The minimum atomic E-state index is -1.01. The lowest BCUT2D eigenvalue weighted by molar-refractivity contribution is -0.152. The summed E-state index contributed by atoms with van der Waals surface area (Å²) in [6, 6.07) is 11.5. The van der Waals surface area contributed by atoms with Gasteiger partial charge in [-0.1, -0.05) is 35.9 Å². The molecule has 1 fully saturated rings. The van der Waals surface area contributed by atoms with Crippen molar-refractivity contribution >= 4 is 29.3 Å². The van der Waals surface area contributed by atoms with Crippen LogP contribution in [0.2, 0.25) is 5.02 Å². The number of hydrogen-bond acceptors (Lipinski definition) is 6. The van der Waals surface area contributed by atoms with E-state index in [9.17, 15) is 9.59 Å². The van der Waals surface area contributed by atoms with Crippen LogP contribution in [0.15, 0.2) is 42.2 Å². The third-order valence-electron chi connectivity index (χ3n) is 6.73. The monoisotopic (exact) mass is 484 g/mol. The fraction of sp³-hybridized carbons (Fsp3) is 0.407. The molecule has 0 bridgehead atoms. The van der Waals surface area contributed by atoms with Gasteiger partial charge in [0.25, 0.3) is 0 Å². The summed E-state index contributed by atoms with van der Waals surface area (Å²) in [6.07, 6.45) is 1.62. The molecule has 0 atom stereocenters. The Labute approximate surface area is 204 Å². The van der Waals surface area contributed by atoms with E-state index in [0.717, 1.165) is 22.3 Å². The number of benzene rings is 2. The molecule has 4 rings (SSSR count). The largest absolute Gasteiger partial charge is 0.513 e. The summed E-state index contributed by atoms with van der Waals surface area (Å²) in [5, 5.41) is 0.648.